The van der Waals surface area contributed by atoms with Gasteiger partial charge in [-0.1, -0.05) is 12.1 Å². The van der Waals surface area contributed by atoms with Crippen LogP contribution in [0.1, 0.15) is 18.4 Å². The second kappa shape index (κ2) is 7.34. The second-order valence-corrected chi connectivity index (χ2v) is 4.06. The summed E-state index contributed by atoms with van der Waals surface area (Å²) in [5.74, 6) is 6.01. The van der Waals surface area contributed by atoms with Crippen molar-refractivity contribution in [3.63, 3.8) is 0 Å². The number of phenols is 1. The van der Waals surface area contributed by atoms with Crippen molar-refractivity contribution < 1.29 is 9.90 Å². The molecule has 0 spiro atoms. The van der Waals surface area contributed by atoms with Crippen LogP contribution in [0.4, 0.5) is 0 Å². The molecule has 0 aliphatic carbocycles. The highest BCUT2D eigenvalue weighted by Crippen LogP contribution is 2.10. The molecule has 18 heavy (non-hydrogen) atoms. The molecule has 0 radical (unpaired) electrons. The number of rotatable bonds is 7. The number of nitrogens with two attached hydrogens (primary N) is 2. The summed E-state index contributed by atoms with van der Waals surface area (Å²) in [4.78, 5) is 10.2. The minimum atomic E-state index is 0.251. The van der Waals surface area contributed by atoms with E-state index in [2.05, 4.69) is 0 Å². The third kappa shape index (κ3) is 5.36. The molecule has 0 aliphatic rings. The Labute approximate surface area is 107 Å². The molecule has 1 rings (SSSR count). The zero-order valence-electron chi connectivity index (χ0n) is 10.2. The number of phenolic OH excluding ortho intramolecular Hbond substituents is 1. The van der Waals surface area contributed by atoms with Gasteiger partial charge < -0.3 is 20.6 Å². The van der Waals surface area contributed by atoms with E-state index in [0.29, 0.717) is 25.1 Å². The fourth-order valence-electron chi connectivity index (χ4n) is 1.49. The first kappa shape index (κ1) is 14.1. The van der Waals surface area contributed by atoms with Crippen LogP contribution in [0.15, 0.2) is 36.2 Å². The highest BCUT2D eigenvalue weighted by atomic mass is 16.3. The molecule has 0 fully saturated rings. The maximum atomic E-state index is 10.2. The molecule has 5 nitrogen and oxygen atoms in total. The van der Waals surface area contributed by atoms with Crippen molar-refractivity contribution in [1.82, 2.24) is 5.01 Å². The number of carbonyl (C=O) groups is 1. The molecule has 1 aromatic carbocycles. The van der Waals surface area contributed by atoms with Crippen LogP contribution in [0.2, 0.25) is 0 Å². The fraction of sp³-hybridized carbons (Fsp3) is 0.308. The molecule has 0 aromatic heterocycles. The largest absolute Gasteiger partial charge is 0.508 e. The van der Waals surface area contributed by atoms with Gasteiger partial charge in [-0.15, -0.1) is 0 Å². The number of allylic oxidation sites excluding steroid dienone is 1. The molecule has 0 unspecified atom stereocenters. The molecule has 5 N–H and O–H groups in total. The van der Waals surface area contributed by atoms with Gasteiger partial charge >= 0.3 is 0 Å². The van der Waals surface area contributed by atoms with Gasteiger partial charge in [0.25, 0.3) is 0 Å². The summed E-state index contributed by atoms with van der Waals surface area (Å²) in [5.41, 5.74) is 7.38. The monoisotopic (exact) mass is 249 g/mol. The van der Waals surface area contributed by atoms with Crippen LogP contribution in [0.3, 0.4) is 0 Å². The molecular weight excluding hydrogens is 230 g/mol. The Kier molecular flexibility index (Phi) is 5.73. The van der Waals surface area contributed by atoms with Crippen LogP contribution in [0.25, 0.3) is 0 Å². The third-order valence-corrected chi connectivity index (χ3v) is 2.48. The molecule has 0 amide bonds. The van der Waals surface area contributed by atoms with Crippen LogP contribution in [-0.2, 0) is 11.2 Å². The van der Waals surface area contributed by atoms with Gasteiger partial charge in [0, 0.05) is 24.9 Å². The third-order valence-electron chi connectivity index (χ3n) is 2.48. The van der Waals surface area contributed by atoms with Crippen LogP contribution < -0.4 is 11.6 Å². The van der Waals surface area contributed by atoms with Gasteiger partial charge in [0.1, 0.15) is 12.0 Å². The Morgan fingerprint density at radius 1 is 1.33 bits per heavy atom. The summed E-state index contributed by atoms with van der Waals surface area (Å²) in [6, 6.07) is 6.99. The summed E-state index contributed by atoms with van der Waals surface area (Å²) in [6.07, 6.45) is 4.17. The minimum Gasteiger partial charge on any atom is -0.508 e. The first-order valence-electron chi connectivity index (χ1n) is 5.81. The number of aromatic hydroxyl groups is 1. The van der Waals surface area contributed by atoms with Gasteiger partial charge in [0.15, 0.2) is 0 Å². The number of carbonyl (C=O) groups excluding carboxylic acids is 1. The van der Waals surface area contributed by atoms with Crippen LogP contribution in [0.5, 0.6) is 5.75 Å². The number of hydrazine groups is 1. The molecule has 0 aliphatic heterocycles. The average molecular weight is 249 g/mol. The lowest BCUT2D eigenvalue weighted by atomic mass is 10.1. The summed E-state index contributed by atoms with van der Waals surface area (Å²) >= 11 is 0. The average Bonchev–Trinajstić information content (AvgIpc) is 2.35. The van der Waals surface area contributed by atoms with Gasteiger partial charge in [0.2, 0.25) is 0 Å². The molecule has 0 atom stereocenters. The Morgan fingerprint density at radius 3 is 2.61 bits per heavy atom. The van der Waals surface area contributed by atoms with Crippen molar-refractivity contribution in [2.24, 2.45) is 11.6 Å². The van der Waals surface area contributed by atoms with E-state index in [1.807, 2.05) is 12.1 Å². The Balaban J connectivity index is 2.38. The van der Waals surface area contributed by atoms with Crippen molar-refractivity contribution in [2.75, 3.05) is 6.54 Å². The van der Waals surface area contributed by atoms with Gasteiger partial charge in [-0.05, 0) is 30.5 Å². The Morgan fingerprint density at radius 2 is 2.00 bits per heavy atom. The quantitative estimate of drug-likeness (QED) is 0.379. The van der Waals surface area contributed by atoms with E-state index in [-0.39, 0.29) is 5.75 Å². The standard InChI is InChI=1S/C13H19N3O2/c14-12(2-1-9-17)10-16(15)8-7-11-3-5-13(18)6-4-11/h3-6,9-10,18H,1-2,7-8,14-15H2/b12-10-. The number of aldehydes is 1. The van der Waals surface area contributed by atoms with Crippen molar-refractivity contribution in [3.05, 3.63) is 41.7 Å². The lowest BCUT2D eigenvalue weighted by Gasteiger charge is -2.14. The van der Waals surface area contributed by atoms with Gasteiger partial charge in [0.05, 0.1) is 0 Å². The van der Waals surface area contributed by atoms with E-state index in [4.69, 9.17) is 16.7 Å². The van der Waals surface area contributed by atoms with Crippen molar-refractivity contribution in [1.29, 1.82) is 0 Å². The molecule has 0 saturated carbocycles. The molecule has 0 bridgehead atoms. The predicted octanol–water partition coefficient (Wildman–Crippen LogP) is 0.890. The zero-order valence-corrected chi connectivity index (χ0v) is 10.2. The summed E-state index contributed by atoms with van der Waals surface area (Å²) in [7, 11) is 0. The highest BCUT2D eigenvalue weighted by molar-refractivity contribution is 5.49. The van der Waals surface area contributed by atoms with E-state index in [9.17, 15) is 4.79 Å². The van der Waals surface area contributed by atoms with E-state index >= 15 is 0 Å². The molecule has 0 heterocycles. The lowest BCUT2D eigenvalue weighted by Crippen LogP contribution is -2.28. The molecule has 5 heteroatoms. The van der Waals surface area contributed by atoms with Crippen molar-refractivity contribution in [2.45, 2.75) is 19.3 Å². The summed E-state index contributed by atoms with van der Waals surface area (Å²) in [5, 5.41) is 10.7. The topological polar surface area (TPSA) is 92.6 Å². The molecule has 98 valence electrons. The summed E-state index contributed by atoms with van der Waals surface area (Å²) < 4.78 is 0. The van der Waals surface area contributed by atoms with Gasteiger partial charge in [-0.2, -0.15) is 0 Å². The molecule has 0 saturated heterocycles. The molecular formula is C13H19N3O2. The van der Waals surface area contributed by atoms with E-state index < -0.39 is 0 Å². The van der Waals surface area contributed by atoms with E-state index in [1.54, 1.807) is 18.3 Å². The highest BCUT2D eigenvalue weighted by Gasteiger charge is 1.98. The zero-order chi connectivity index (χ0) is 13.4. The number of hydrogen-bond donors (Lipinski definition) is 3. The lowest BCUT2D eigenvalue weighted by molar-refractivity contribution is -0.107. The van der Waals surface area contributed by atoms with E-state index in [0.717, 1.165) is 18.3 Å². The van der Waals surface area contributed by atoms with Crippen LogP contribution in [0, 0.1) is 0 Å². The SMILES string of the molecule is N/C(=C\N(N)CCc1ccc(O)cc1)CCC=O. The molecule has 1 aromatic rings. The van der Waals surface area contributed by atoms with Crippen LogP contribution >= 0.6 is 0 Å². The smallest absolute Gasteiger partial charge is 0.120 e. The van der Waals surface area contributed by atoms with E-state index in [1.165, 1.54) is 5.01 Å². The minimum absolute atomic E-state index is 0.251. The predicted molar refractivity (Wildman–Crippen MR) is 70.3 cm³/mol. The van der Waals surface area contributed by atoms with Gasteiger partial charge in [-0.25, -0.2) is 5.84 Å². The number of nitrogens with zero attached hydrogens (tertiary/aromatic N) is 1. The second-order valence-electron chi connectivity index (χ2n) is 4.06. The normalized spacial score (nSPS) is 11.3. The maximum Gasteiger partial charge on any atom is 0.120 e. The Bertz CT molecular complexity index is 401. The first-order valence-corrected chi connectivity index (χ1v) is 5.81. The van der Waals surface area contributed by atoms with Crippen LogP contribution in [-0.4, -0.2) is 22.9 Å². The fourth-order valence-corrected chi connectivity index (χ4v) is 1.49. The first-order chi connectivity index (χ1) is 8.61. The van der Waals surface area contributed by atoms with Gasteiger partial charge in [-0.3, -0.25) is 0 Å². The summed E-state index contributed by atoms with van der Waals surface area (Å²) in [6.45, 7) is 0.618. The number of hydrogen-bond acceptors (Lipinski definition) is 5. The van der Waals surface area contributed by atoms with Crippen molar-refractivity contribution in [3.8, 4) is 5.75 Å². The Hall–Kier alpha value is -2.01. The maximum absolute atomic E-state index is 10.2. The van der Waals surface area contributed by atoms with Crippen molar-refractivity contribution >= 4 is 6.29 Å². The number of benzene rings is 1.